The first-order valence-electron chi connectivity index (χ1n) is 28.3. The maximum Gasteiger partial charge on any atom is 0.193 e. The third-order valence-electron chi connectivity index (χ3n) is 17.8. The first-order valence-corrected chi connectivity index (χ1v) is 28.3. The molecule has 3 heteroatoms. The molecule has 1 spiro atoms. The first kappa shape index (κ1) is 48.3. The molecule has 0 bridgehead atoms. The predicted molar refractivity (Wildman–Crippen MR) is 336 cm³/mol. The van der Waals surface area contributed by atoms with Gasteiger partial charge in [-0.1, -0.05) is 204 Å². The van der Waals surface area contributed by atoms with Crippen molar-refractivity contribution in [2.75, 3.05) is 9.80 Å². The number of hydrogen-bond acceptors (Lipinski definition) is 3. The molecule has 81 heavy (non-hydrogen) atoms. The highest BCUT2D eigenvalue weighted by Gasteiger charge is 2.57. The Balaban J connectivity index is 0.937. The van der Waals surface area contributed by atoms with E-state index in [1.54, 1.807) is 0 Å². The van der Waals surface area contributed by atoms with Gasteiger partial charge in [0.1, 0.15) is 0 Å². The van der Waals surface area contributed by atoms with Crippen molar-refractivity contribution in [3.63, 3.8) is 0 Å². The zero-order chi connectivity index (χ0) is 54.5. The van der Waals surface area contributed by atoms with Crippen LogP contribution in [0.1, 0.15) is 66.3 Å². The van der Waals surface area contributed by atoms with E-state index in [1.807, 2.05) is 0 Å². The number of benzene rings is 11. The van der Waals surface area contributed by atoms with Gasteiger partial charge < -0.3 is 9.80 Å². The third kappa shape index (κ3) is 7.67. The van der Waals surface area contributed by atoms with E-state index in [1.165, 1.54) is 55.6 Å². The number of carbonyl (C=O) groups is 1. The number of hydrogen-bond donors (Lipinski definition) is 0. The van der Waals surface area contributed by atoms with Gasteiger partial charge in [-0.05, 0) is 191 Å². The minimum Gasteiger partial charge on any atom is -0.310 e. The summed E-state index contributed by atoms with van der Waals surface area (Å²) in [6, 6.07) is 88.8. The quantitative estimate of drug-likeness (QED) is 0.142. The van der Waals surface area contributed by atoms with Crippen LogP contribution < -0.4 is 9.80 Å². The van der Waals surface area contributed by atoms with E-state index >= 15 is 4.79 Å². The molecule has 0 heterocycles. The van der Waals surface area contributed by atoms with Gasteiger partial charge in [-0.2, -0.15) is 0 Å². The molecule has 3 nitrogen and oxygen atoms in total. The van der Waals surface area contributed by atoms with Crippen LogP contribution in [0, 0.1) is 33.6 Å². The van der Waals surface area contributed by atoms with E-state index in [0.29, 0.717) is 11.1 Å². The smallest absolute Gasteiger partial charge is 0.193 e. The summed E-state index contributed by atoms with van der Waals surface area (Å²) in [5.74, 6) is 0.400. The largest absolute Gasteiger partial charge is 0.310 e. The minimum absolute atomic E-state index is 0.0000449. The molecule has 0 saturated heterocycles. The van der Waals surface area contributed by atoms with Gasteiger partial charge >= 0.3 is 0 Å². The highest BCUT2D eigenvalue weighted by Crippen LogP contribution is 2.65. The van der Waals surface area contributed by atoms with Gasteiger partial charge in [-0.25, -0.2) is 0 Å². The highest BCUT2D eigenvalue weighted by atomic mass is 16.1. The molecule has 0 aromatic heterocycles. The van der Waals surface area contributed by atoms with Crippen LogP contribution in [-0.2, 0) is 5.41 Å². The fourth-order valence-electron chi connectivity index (χ4n) is 13.9. The third-order valence-corrected chi connectivity index (χ3v) is 17.8. The molecular weight excluding hydrogens is 981 g/mol. The average Bonchev–Trinajstić information content (AvgIpc) is 2.85. The lowest BCUT2D eigenvalue weighted by Crippen LogP contribution is -2.33. The Morgan fingerprint density at radius 1 is 0.321 bits per heavy atom. The number of rotatable bonds is 8. The standard InChI is InChI=1S/C78H58N2O/c1-49-21-31-55(32-22-49)79(56-33-23-50(2)24-34-56)59-39-43-64-65-44-40-60(80(57-35-25-51(3)26-36-57)58-37-27-52(4)28-38-58)48-72(65)70-45-53(29-41-63(70)61-13-5-6-14-62(61)71(64)47-59)77(81)54-30-42-69-68-17-9-12-20-75(68)78(76(69)46-54)73-18-10-7-15-66(73)67-16-8-11-19-74(67)78/h5-48,66,73H,1-4H3. The maximum absolute atomic E-state index is 15.8. The number of nitrogens with zero attached hydrogens (tertiary/aromatic N) is 2. The normalized spacial score (nSPS) is 16.4. The summed E-state index contributed by atoms with van der Waals surface area (Å²) >= 11 is 0. The molecular formula is C78H58N2O. The van der Waals surface area contributed by atoms with Gasteiger partial charge in [0, 0.05) is 57.1 Å². The van der Waals surface area contributed by atoms with E-state index in [9.17, 15) is 0 Å². The number of allylic oxidation sites excluding steroid dienone is 4. The summed E-state index contributed by atoms with van der Waals surface area (Å²) in [5.41, 5.74) is 28.5. The molecule has 4 aliphatic carbocycles. The summed E-state index contributed by atoms with van der Waals surface area (Å²) in [6.45, 7) is 8.55. The fraction of sp³-hybridized carbons (Fsp3) is 0.0897. The van der Waals surface area contributed by atoms with Crippen LogP contribution in [0.2, 0.25) is 0 Å². The molecule has 0 saturated carbocycles. The molecule has 0 aliphatic heterocycles. The zero-order valence-corrected chi connectivity index (χ0v) is 45.9. The molecule has 3 atom stereocenters. The van der Waals surface area contributed by atoms with Crippen LogP contribution in [0.15, 0.2) is 267 Å². The SMILES string of the molecule is Cc1ccc(N(c2ccc(C)cc2)c2ccc3c(c2)-c2ccccc2-c2ccc(C(=O)c4ccc5c(c4)C4(c6ccccc6-5)c5ccccc5C5C=CC=CC54)cc2-c2cc(N(c4ccc(C)cc4)c4ccc(C)cc4)ccc2-3)cc1. The molecule has 0 fully saturated rings. The van der Waals surface area contributed by atoms with Crippen LogP contribution >= 0.6 is 0 Å². The molecule has 15 rings (SSSR count). The van der Waals surface area contributed by atoms with Crippen molar-refractivity contribution < 1.29 is 4.79 Å². The van der Waals surface area contributed by atoms with Crippen molar-refractivity contribution >= 4 is 39.9 Å². The van der Waals surface area contributed by atoms with Gasteiger partial charge in [0.25, 0.3) is 0 Å². The van der Waals surface area contributed by atoms with Crippen molar-refractivity contribution in [3.05, 3.63) is 323 Å². The number of fused-ring (bicyclic) bond motifs is 18. The zero-order valence-electron chi connectivity index (χ0n) is 45.9. The van der Waals surface area contributed by atoms with E-state index < -0.39 is 5.41 Å². The van der Waals surface area contributed by atoms with Crippen LogP contribution in [0.3, 0.4) is 0 Å². The summed E-state index contributed by atoms with van der Waals surface area (Å²) in [6.07, 6.45) is 9.19. The highest BCUT2D eigenvalue weighted by molar-refractivity contribution is 6.13. The minimum atomic E-state index is -0.443. The lowest BCUT2D eigenvalue weighted by molar-refractivity contribution is 0.103. The molecule has 4 aliphatic rings. The second-order valence-corrected chi connectivity index (χ2v) is 22.6. The number of ketones is 1. The number of aryl methyl sites for hydroxylation is 4. The van der Waals surface area contributed by atoms with E-state index in [0.717, 1.165) is 78.6 Å². The maximum atomic E-state index is 15.8. The van der Waals surface area contributed by atoms with E-state index in [4.69, 9.17) is 0 Å². The molecule has 386 valence electrons. The van der Waals surface area contributed by atoms with Crippen molar-refractivity contribution in [2.45, 2.75) is 39.0 Å². The van der Waals surface area contributed by atoms with Crippen LogP contribution in [-0.4, -0.2) is 5.78 Å². The Morgan fingerprint density at radius 2 is 0.691 bits per heavy atom. The lowest BCUT2D eigenvalue weighted by atomic mass is 9.65. The Bertz CT molecular complexity index is 4320. The Kier molecular flexibility index (Phi) is 11.3. The Labute approximate surface area is 475 Å². The van der Waals surface area contributed by atoms with Crippen molar-refractivity contribution in [1.29, 1.82) is 0 Å². The molecule has 3 unspecified atom stereocenters. The average molecular weight is 1040 g/mol. The second-order valence-electron chi connectivity index (χ2n) is 22.6. The summed E-state index contributed by atoms with van der Waals surface area (Å²) < 4.78 is 0. The molecule has 0 amide bonds. The van der Waals surface area contributed by atoms with Crippen LogP contribution in [0.25, 0.3) is 55.6 Å². The Hall–Kier alpha value is -9.83. The van der Waals surface area contributed by atoms with Gasteiger partial charge in [0.15, 0.2) is 5.78 Å². The van der Waals surface area contributed by atoms with Crippen LogP contribution in [0.4, 0.5) is 34.1 Å². The van der Waals surface area contributed by atoms with Gasteiger partial charge in [0.2, 0.25) is 0 Å². The van der Waals surface area contributed by atoms with Crippen LogP contribution in [0.5, 0.6) is 0 Å². The predicted octanol–water partition coefficient (Wildman–Crippen LogP) is 20.2. The lowest BCUT2D eigenvalue weighted by Gasteiger charge is -2.36. The van der Waals surface area contributed by atoms with Gasteiger partial charge in [-0.3, -0.25) is 4.79 Å². The molecule has 11 aromatic rings. The molecule has 0 N–H and O–H groups in total. The van der Waals surface area contributed by atoms with Crippen molar-refractivity contribution in [3.8, 4) is 55.6 Å². The fourth-order valence-corrected chi connectivity index (χ4v) is 13.9. The first-order chi connectivity index (χ1) is 39.7. The number of carbonyl (C=O) groups excluding carboxylic acids is 1. The Morgan fingerprint density at radius 3 is 1.23 bits per heavy atom. The number of anilines is 6. The van der Waals surface area contributed by atoms with Crippen molar-refractivity contribution in [1.82, 2.24) is 0 Å². The molecule has 11 aromatic carbocycles. The monoisotopic (exact) mass is 1040 g/mol. The van der Waals surface area contributed by atoms with Gasteiger partial charge in [-0.15, -0.1) is 0 Å². The van der Waals surface area contributed by atoms with E-state index in [2.05, 4.69) is 304 Å². The van der Waals surface area contributed by atoms with Gasteiger partial charge in [0.05, 0.1) is 5.41 Å². The second kappa shape index (κ2) is 18.9. The summed E-state index contributed by atoms with van der Waals surface area (Å²) in [7, 11) is 0. The van der Waals surface area contributed by atoms with E-state index in [-0.39, 0.29) is 17.6 Å². The molecule has 0 radical (unpaired) electrons. The topological polar surface area (TPSA) is 23.6 Å². The van der Waals surface area contributed by atoms with Crippen molar-refractivity contribution in [2.24, 2.45) is 5.92 Å². The summed E-state index contributed by atoms with van der Waals surface area (Å²) in [4.78, 5) is 20.5. The summed E-state index contributed by atoms with van der Waals surface area (Å²) in [5, 5.41) is 0.